The molecule has 0 amide bonds. The first kappa shape index (κ1) is 11.5. The molecule has 2 N–H and O–H groups in total. The molecule has 0 saturated carbocycles. The predicted molar refractivity (Wildman–Crippen MR) is 58.0 cm³/mol. The molecule has 14 heavy (non-hydrogen) atoms. The van der Waals surface area contributed by atoms with Gasteiger partial charge >= 0.3 is 0 Å². The molecule has 0 aliphatic heterocycles. The van der Waals surface area contributed by atoms with Crippen LogP contribution in [-0.2, 0) is 0 Å². The predicted octanol–water partition coefficient (Wildman–Crippen LogP) is 2.17. The standard InChI is InChI=1S/C12H20O2/c13-11-9-7-5-3-1-2-4-6-8-10-12(11)14/h3-6,11-14H,1-2,7-10H2/t11-,12+. The maximum atomic E-state index is 9.55. The van der Waals surface area contributed by atoms with Gasteiger partial charge in [-0.2, -0.15) is 0 Å². The molecule has 2 nitrogen and oxygen atoms in total. The van der Waals surface area contributed by atoms with Crippen LogP contribution in [0, 0.1) is 0 Å². The molecule has 2 heteroatoms. The van der Waals surface area contributed by atoms with Crippen LogP contribution in [0.5, 0.6) is 0 Å². The van der Waals surface area contributed by atoms with E-state index in [1.807, 2.05) is 0 Å². The fourth-order valence-electron chi connectivity index (χ4n) is 1.58. The molecule has 2 atom stereocenters. The normalized spacial score (nSPS) is 30.7. The van der Waals surface area contributed by atoms with E-state index in [-0.39, 0.29) is 0 Å². The highest BCUT2D eigenvalue weighted by molar-refractivity contribution is 4.90. The van der Waals surface area contributed by atoms with Crippen molar-refractivity contribution in [2.45, 2.75) is 50.7 Å². The van der Waals surface area contributed by atoms with Crippen molar-refractivity contribution in [2.24, 2.45) is 0 Å². The summed E-state index contributed by atoms with van der Waals surface area (Å²) in [5.41, 5.74) is 0. The fraction of sp³-hybridized carbons (Fsp3) is 0.667. The molecule has 0 aromatic heterocycles. The van der Waals surface area contributed by atoms with Gasteiger partial charge in [-0.05, 0) is 38.5 Å². The van der Waals surface area contributed by atoms with Crippen molar-refractivity contribution in [3.05, 3.63) is 24.3 Å². The third kappa shape index (κ3) is 4.58. The summed E-state index contributed by atoms with van der Waals surface area (Å²) in [6.07, 6.45) is 12.6. The van der Waals surface area contributed by atoms with Gasteiger partial charge in [0.05, 0.1) is 12.2 Å². The van der Waals surface area contributed by atoms with Crippen LogP contribution in [0.1, 0.15) is 38.5 Å². The second-order valence-electron chi connectivity index (χ2n) is 3.81. The number of hydrogen-bond donors (Lipinski definition) is 2. The third-order valence-corrected chi connectivity index (χ3v) is 2.54. The topological polar surface area (TPSA) is 40.5 Å². The molecule has 0 heterocycles. The van der Waals surface area contributed by atoms with Crippen LogP contribution in [-0.4, -0.2) is 22.4 Å². The summed E-state index contributed by atoms with van der Waals surface area (Å²) in [5.74, 6) is 0. The molecule has 0 spiro atoms. The Hall–Kier alpha value is -0.600. The first-order chi connectivity index (χ1) is 6.80. The third-order valence-electron chi connectivity index (χ3n) is 2.54. The summed E-state index contributed by atoms with van der Waals surface area (Å²) in [4.78, 5) is 0. The zero-order valence-corrected chi connectivity index (χ0v) is 8.60. The van der Waals surface area contributed by atoms with Gasteiger partial charge in [0.15, 0.2) is 0 Å². The number of rotatable bonds is 0. The van der Waals surface area contributed by atoms with Crippen molar-refractivity contribution in [3.8, 4) is 0 Å². The van der Waals surface area contributed by atoms with Crippen LogP contribution >= 0.6 is 0 Å². The first-order valence-electron chi connectivity index (χ1n) is 5.47. The number of aliphatic hydroxyl groups excluding tert-OH is 2. The molecule has 1 aliphatic carbocycles. The summed E-state index contributed by atoms with van der Waals surface area (Å²) in [6.45, 7) is 0. The van der Waals surface area contributed by atoms with Crippen molar-refractivity contribution in [1.29, 1.82) is 0 Å². The van der Waals surface area contributed by atoms with Crippen molar-refractivity contribution in [1.82, 2.24) is 0 Å². The Morgan fingerprint density at radius 3 is 1.43 bits per heavy atom. The van der Waals surface area contributed by atoms with E-state index in [1.165, 1.54) is 0 Å². The second kappa shape index (κ2) is 6.80. The lowest BCUT2D eigenvalue weighted by Crippen LogP contribution is -2.25. The molecule has 0 radical (unpaired) electrons. The molecule has 1 rings (SSSR count). The minimum Gasteiger partial charge on any atom is -0.390 e. The van der Waals surface area contributed by atoms with E-state index in [0.717, 1.165) is 25.7 Å². The second-order valence-corrected chi connectivity index (χ2v) is 3.81. The summed E-state index contributed by atoms with van der Waals surface area (Å²) in [7, 11) is 0. The van der Waals surface area contributed by atoms with E-state index in [0.29, 0.717) is 12.8 Å². The van der Waals surface area contributed by atoms with E-state index in [9.17, 15) is 10.2 Å². The van der Waals surface area contributed by atoms with Gasteiger partial charge in [-0.3, -0.25) is 0 Å². The van der Waals surface area contributed by atoms with E-state index >= 15 is 0 Å². The van der Waals surface area contributed by atoms with Crippen LogP contribution in [0.4, 0.5) is 0 Å². The molecule has 0 unspecified atom stereocenters. The average Bonchev–Trinajstić information content (AvgIpc) is 2.18. The highest BCUT2D eigenvalue weighted by atomic mass is 16.3. The van der Waals surface area contributed by atoms with E-state index in [4.69, 9.17) is 0 Å². The van der Waals surface area contributed by atoms with E-state index in [2.05, 4.69) is 24.3 Å². The van der Waals surface area contributed by atoms with Gasteiger partial charge in [0, 0.05) is 0 Å². The summed E-state index contributed by atoms with van der Waals surface area (Å²) < 4.78 is 0. The zero-order chi connectivity index (χ0) is 10.2. The molecular weight excluding hydrogens is 176 g/mol. The molecule has 1 aliphatic rings. The van der Waals surface area contributed by atoms with Crippen LogP contribution < -0.4 is 0 Å². The number of allylic oxidation sites excluding steroid dienone is 4. The van der Waals surface area contributed by atoms with E-state index in [1.54, 1.807) is 0 Å². The highest BCUT2D eigenvalue weighted by Crippen LogP contribution is 2.10. The van der Waals surface area contributed by atoms with Gasteiger partial charge in [-0.15, -0.1) is 0 Å². The Kier molecular flexibility index (Phi) is 5.57. The van der Waals surface area contributed by atoms with Gasteiger partial charge in [0.2, 0.25) is 0 Å². The van der Waals surface area contributed by atoms with Crippen LogP contribution in [0.3, 0.4) is 0 Å². The van der Waals surface area contributed by atoms with Gasteiger partial charge in [-0.25, -0.2) is 0 Å². The van der Waals surface area contributed by atoms with Crippen molar-refractivity contribution in [2.75, 3.05) is 0 Å². The maximum Gasteiger partial charge on any atom is 0.0802 e. The highest BCUT2D eigenvalue weighted by Gasteiger charge is 2.14. The Balaban J connectivity index is 2.41. The monoisotopic (exact) mass is 196 g/mol. The average molecular weight is 196 g/mol. The van der Waals surface area contributed by atoms with Crippen LogP contribution in [0.2, 0.25) is 0 Å². The molecular formula is C12H20O2. The molecule has 0 fully saturated rings. The molecule has 0 bridgehead atoms. The van der Waals surface area contributed by atoms with Gasteiger partial charge in [-0.1, -0.05) is 24.3 Å². The summed E-state index contributed by atoms with van der Waals surface area (Å²) in [5, 5.41) is 19.1. The quantitative estimate of drug-likeness (QED) is 0.583. The first-order valence-corrected chi connectivity index (χ1v) is 5.47. The Labute approximate surface area is 86.0 Å². The minimum absolute atomic E-state index is 0.563. The SMILES string of the molecule is O[C@@H]1CCC=CCCC=CCC[C@@H]1O. The lowest BCUT2D eigenvalue weighted by Gasteiger charge is -2.16. The number of aliphatic hydroxyl groups is 2. The van der Waals surface area contributed by atoms with Crippen molar-refractivity contribution in [3.63, 3.8) is 0 Å². The Bertz CT molecular complexity index is 174. The summed E-state index contributed by atoms with van der Waals surface area (Å²) >= 11 is 0. The minimum atomic E-state index is -0.563. The van der Waals surface area contributed by atoms with Crippen molar-refractivity contribution >= 4 is 0 Å². The molecule has 0 aromatic rings. The largest absolute Gasteiger partial charge is 0.390 e. The van der Waals surface area contributed by atoms with Gasteiger partial charge in [0.1, 0.15) is 0 Å². The molecule has 0 aromatic carbocycles. The maximum absolute atomic E-state index is 9.55. The fourth-order valence-corrected chi connectivity index (χ4v) is 1.58. The smallest absolute Gasteiger partial charge is 0.0802 e. The lowest BCUT2D eigenvalue weighted by atomic mass is 10.0. The Morgan fingerprint density at radius 1 is 0.643 bits per heavy atom. The van der Waals surface area contributed by atoms with Crippen LogP contribution in [0.25, 0.3) is 0 Å². The summed E-state index contributed by atoms with van der Waals surface area (Å²) in [6, 6.07) is 0. The lowest BCUT2D eigenvalue weighted by molar-refractivity contribution is 0.0111. The number of hydrogen-bond acceptors (Lipinski definition) is 2. The molecule has 80 valence electrons. The Morgan fingerprint density at radius 2 is 1.00 bits per heavy atom. The molecule has 0 saturated heterocycles. The van der Waals surface area contributed by atoms with Crippen LogP contribution in [0.15, 0.2) is 24.3 Å². The van der Waals surface area contributed by atoms with E-state index < -0.39 is 12.2 Å². The zero-order valence-electron chi connectivity index (χ0n) is 8.60. The van der Waals surface area contributed by atoms with Gasteiger partial charge < -0.3 is 10.2 Å². The van der Waals surface area contributed by atoms with Gasteiger partial charge in [0.25, 0.3) is 0 Å². The van der Waals surface area contributed by atoms with Crippen molar-refractivity contribution < 1.29 is 10.2 Å².